The highest BCUT2D eigenvalue weighted by atomic mass is 32.2. The molecule has 1 heterocycles. The van der Waals surface area contributed by atoms with E-state index in [0.717, 1.165) is 11.6 Å². The molecule has 0 aliphatic rings. The number of fused-ring (bicyclic) bond motifs is 1. The summed E-state index contributed by atoms with van der Waals surface area (Å²) in [7, 11) is -1.35. The second-order valence-electron chi connectivity index (χ2n) is 12.3. The van der Waals surface area contributed by atoms with Crippen molar-refractivity contribution in [3.8, 4) is 0 Å². The van der Waals surface area contributed by atoms with Crippen LogP contribution in [0.4, 0.5) is 13.2 Å². The SMILES string of the molecule is C[C@@H](N)c1ccc2nc([C@@H](N[S+]([O-])C(C)(C)C)C(F)C(C)(C)C(F)F)n(COCC[Si](C)(C)C)c2c1. The maximum absolute atomic E-state index is 16.0. The van der Waals surface area contributed by atoms with Gasteiger partial charge in [0.05, 0.1) is 16.4 Å². The number of aromatic nitrogens is 2. The Kier molecular flexibility index (Phi) is 10.1. The maximum Gasteiger partial charge on any atom is 0.246 e. The van der Waals surface area contributed by atoms with Gasteiger partial charge in [-0.3, -0.25) is 0 Å². The van der Waals surface area contributed by atoms with E-state index >= 15 is 4.39 Å². The van der Waals surface area contributed by atoms with Crippen LogP contribution < -0.4 is 10.5 Å². The van der Waals surface area contributed by atoms with Gasteiger partial charge in [0, 0.05) is 32.1 Å². The smallest absolute Gasteiger partial charge is 0.246 e. The molecule has 0 bridgehead atoms. The van der Waals surface area contributed by atoms with Crippen LogP contribution in [0.25, 0.3) is 11.0 Å². The minimum absolute atomic E-state index is 0.0564. The van der Waals surface area contributed by atoms with E-state index in [0.29, 0.717) is 17.6 Å². The highest BCUT2D eigenvalue weighted by Crippen LogP contribution is 2.40. The van der Waals surface area contributed by atoms with Crippen molar-refractivity contribution in [2.75, 3.05) is 6.61 Å². The number of imidazole rings is 1. The molecule has 11 heteroatoms. The molecule has 0 amide bonds. The van der Waals surface area contributed by atoms with E-state index < -0.39 is 48.2 Å². The van der Waals surface area contributed by atoms with Gasteiger partial charge in [-0.05, 0) is 51.4 Å². The van der Waals surface area contributed by atoms with Gasteiger partial charge in [-0.2, -0.15) is 0 Å². The summed E-state index contributed by atoms with van der Waals surface area (Å²) in [6.07, 6.45) is -5.02. The standard InChI is InChI=1S/C25H43F3N4O2SSi/c1-16(29)17-10-11-18-19(14-17)32(15-34-12-13-36(7,8)9)22(30-18)20(31-35(33)24(2,3)4)21(26)25(5,6)23(27)28/h10-11,14,16,20-21,23,31H,12-13,15,29H2,1-9H3/t16-,20+,21?,35?/m1/s1. The molecule has 2 unspecified atom stereocenters. The highest BCUT2D eigenvalue weighted by molar-refractivity contribution is 7.90. The van der Waals surface area contributed by atoms with Crippen LogP contribution in [0.2, 0.25) is 25.7 Å². The molecule has 0 aliphatic heterocycles. The number of hydrogen-bond acceptors (Lipinski definition) is 5. The number of benzene rings is 1. The van der Waals surface area contributed by atoms with Gasteiger partial charge in [0.2, 0.25) is 6.43 Å². The van der Waals surface area contributed by atoms with Crippen LogP contribution in [0.1, 0.15) is 65.0 Å². The number of nitrogens with two attached hydrogens (primary N) is 1. The zero-order valence-electron chi connectivity index (χ0n) is 23.0. The molecular formula is C25H43F3N4O2SSi. The first-order valence-corrected chi connectivity index (χ1v) is 17.2. The van der Waals surface area contributed by atoms with Crippen molar-refractivity contribution in [2.45, 2.75) is 103 Å². The molecule has 0 saturated heterocycles. The van der Waals surface area contributed by atoms with Crippen LogP contribution in [-0.4, -0.2) is 46.1 Å². The maximum atomic E-state index is 16.0. The quantitative estimate of drug-likeness (QED) is 0.190. The molecule has 0 spiro atoms. The predicted molar refractivity (Wildman–Crippen MR) is 145 cm³/mol. The van der Waals surface area contributed by atoms with Gasteiger partial charge in [-0.1, -0.05) is 39.6 Å². The Bertz CT molecular complexity index is 1010. The van der Waals surface area contributed by atoms with Crippen molar-refractivity contribution in [3.05, 3.63) is 29.6 Å². The Morgan fingerprint density at radius 2 is 1.78 bits per heavy atom. The number of hydrogen-bond donors (Lipinski definition) is 2. The van der Waals surface area contributed by atoms with E-state index in [-0.39, 0.29) is 18.6 Å². The topological polar surface area (TPSA) is 88.2 Å². The summed E-state index contributed by atoms with van der Waals surface area (Å²) in [6.45, 7) is 16.7. The second kappa shape index (κ2) is 11.7. The van der Waals surface area contributed by atoms with Crippen LogP contribution in [-0.2, 0) is 22.8 Å². The van der Waals surface area contributed by atoms with Gasteiger partial charge in [0.25, 0.3) is 0 Å². The first-order valence-electron chi connectivity index (χ1n) is 12.3. The Hall–Kier alpha value is -1.11. The molecule has 3 N–H and O–H groups in total. The average Bonchev–Trinajstić information content (AvgIpc) is 3.10. The number of nitrogens with zero attached hydrogens (tertiary/aromatic N) is 2. The summed E-state index contributed by atoms with van der Waals surface area (Å²) >= 11 is -1.74. The van der Waals surface area contributed by atoms with Crippen molar-refractivity contribution in [1.29, 1.82) is 0 Å². The summed E-state index contributed by atoms with van der Waals surface area (Å²) < 4.78 is 66.6. The molecule has 2 rings (SSSR count). The van der Waals surface area contributed by atoms with Crippen LogP contribution >= 0.6 is 0 Å². The molecule has 0 radical (unpaired) electrons. The number of halogens is 3. The van der Waals surface area contributed by atoms with E-state index in [9.17, 15) is 13.3 Å². The Morgan fingerprint density at radius 1 is 1.17 bits per heavy atom. The summed E-state index contributed by atoms with van der Waals surface area (Å²) in [6, 6.07) is 4.80. The molecule has 6 nitrogen and oxygen atoms in total. The molecular weight excluding hydrogens is 505 g/mol. The summed E-state index contributed by atoms with van der Waals surface area (Å²) in [5.41, 5.74) is 6.14. The second-order valence-corrected chi connectivity index (χ2v) is 19.9. The number of rotatable bonds is 12. The fourth-order valence-electron chi connectivity index (χ4n) is 3.43. The molecule has 0 aliphatic carbocycles. The zero-order chi connectivity index (χ0) is 27.6. The van der Waals surface area contributed by atoms with Crippen LogP contribution in [0.3, 0.4) is 0 Å². The van der Waals surface area contributed by atoms with Crippen molar-refractivity contribution in [3.63, 3.8) is 0 Å². The van der Waals surface area contributed by atoms with E-state index in [1.165, 1.54) is 13.8 Å². The molecule has 1 aromatic heterocycles. The lowest BCUT2D eigenvalue weighted by molar-refractivity contribution is -0.0462. The Morgan fingerprint density at radius 3 is 2.28 bits per heavy atom. The van der Waals surface area contributed by atoms with E-state index in [2.05, 4.69) is 29.3 Å². The molecule has 36 heavy (non-hydrogen) atoms. The van der Waals surface area contributed by atoms with Crippen LogP contribution in [0.15, 0.2) is 18.2 Å². The summed E-state index contributed by atoms with van der Waals surface area (Å²) in [4.78, 5) is 4.64. The lowest BCUT2D eigenvalue weighted by Crippen LogP contribution is -2.49. The average molecular weight is 549 g/mol. The Labute approximate surface area is 217 Å². The normalized spacial score (nSPS) is 17.0. The van der Waals surface area contributed by atoms with E-state index in [4.69, 9.17) is 10.5 Å². The monoisotopic (exact) mass is 548 g/mol. The molecule has 2 aromatic rings. The van der Waals surface area contributed by atoms with Gasteiger partial charge in [0.15, 0.2) is 0 Å². The lowest BCUT2D eigenvalue weighted by Gasteiger charge is -2.35. The van der Waals surface area contributed by atoms with Gasteiger partial charge in [0.1, 0.15) is 29.5 Å². The van der Waals surface area contributed by atoms with Gasteiger partial charge in [-0.15, -0.1) is 4.72 Å². The van der Waals surface area contributed by atoms with Crippen molar-refractivity contribution >= 4 is 30.5 Å². The minimum atomic E-state index is -2.93. The number of alkyl halides is 3. The number of nitrogens with one attached hydrogen (secondary N) is 1. The third-order valence-electron chi connectivity index (χ3n) is 6.18. The van der Waals surface area contributed by atoms with Gasteiger partial charge >= 0.3 is 0 Å². The molecule has 4 atom stereocenters. The third-order valence-corrected chi connectivity index (χ3v) is 9.46. The predicted octanol–water partition coefficient (Wildman–Crippen LogP) is 6.09. The van der Waals surface area contributed by atoms with E-state index in [1.807, 2.05) is 19.1 Å². The minimum Gasteiger partial charge on any atom is -0.598 e. The van der Waals surface area contributed by atoms with Gasteiger partial charge in [-0.25, -0.2) is 18.2 Å². The molecule has 0 saturated carbocycles. The fourth-order valence-corrected chi connectivity index (χ4v) is 5.00. The van der Waals surface area contributed by atoms with Crippen LogP contribution in [0.5, 0.6) is 0 Å². The fraction of sp³-hybridized carbons (Fsp3) is 0.720. The first kappa shape index (κ1) is 31.1. The number of ether oxygens (including phenoxy) is 1. The molecule has 0 fully saturated rings. The van der Waals surface area contributed by atoms with Crippen molar-refractivity contribution < 1.29 is 22.5 Å². The van der Waals surface area contributed by atoms with Gasteiger partial charge < -0.3 is 19.6 Å². The summed E-state index contributed by atoms with van der Waals surface area (Å²) in [5.74, 6) is 0.165. The van der Waals surface area contributed by atoms with Crippen molar-refractivity contribution in [1.82, 2.24) is 14.3 Å². The third kappa shape index (κ3) is 7.70. The molecule has 1 aromatic carbocycles. The summed E-state index contributed by atoms with van der Waals surface area (Å²) in [5, 5.41) is 0. The highest BCUT2D eigenvalue weighted by Gasteiger charge is 2.48. The van der Waals surface area contributed by atoms with E-state index in [1.54, 1.807) is 31.4 Å². The molecule has 206 valence electrons. The van der Waals surface area contributed by atoms with Crippen molar-refractivity contribution in [2.24, 2.45) is 11.1 Å². The lowest BCUT2D eigenvalue weighted by atomic mass is 9.84. The largest absolute Gasteiger partial charge is 0.598 e. The zero-order valence-corrected chi connectivity index (χ0v) is 24.8. The Balaban J connectivity index is 2.64. The first-order chi connectivity index (χ1) is 16.4. The van der Waals surface area contributed by atoms with Crippen LogP contribution in [0, 0.1) is 5.41 Å².